The lowest BCUT2D eigenvalue weighted by atomic mass is 10.1. The largest absolute Gasteiger partial charge is 0.456 e. The number of nitrogens with zero attached hydrogens (tertiary/aromatic N) is 1. The summed E-state index contributed by atoms with van der Waals surface area (Å²) < 4.78 is 13.0. The fraction of sp³-hybridized carbons (Fsp3) is 0.444. The van der Waals surface area contributed by atoms with Gasteiger partial charge in [0.2, 0.25) is 0 Å². The summed E-state index contributed by atoms with van der Waals surface area (Å²) in [6.45, 7) is 10.8. The van der Waals surface area contributed by atoms with Crippen molar-refractivity contribution in [2.75, 3.05) is 0 Å². The van der Waals surface area contributed by atoms with E-state index in [0.717, 1.165) is 4.47 Å². The molecule has 0 atom stereocenters. The van der Waals surface area contributed by atoms with Crippen LogP contribution in [-0.2, 0) is 9.47 Å². The standard InChI is InChI=1S/C18H22BrNO4/c1-17(2,3)23-15(21)13-10-20(16(22)24-18(4,5)6)14-8-7-11(19)9-12(13)14/h7-10H,1-6H3. The first kappa shape index (κ1) is 18.5. The number of rotatable bonds is 1. The first-order valence-corrected chi connectivity index (χ1v) is 8.44. The lowest BCUT2D eigenvalue weighted by molar-refractivity contribution is 0.00718. The van der Waals surface area contributed by atoms with Gasteiger partial charge in [0.25, 0.3) is 0 Å². The number of benzene rings is 1. The van der Waals surface area contributed by atoms with E-state index < -0.39 is 23.3 Å². The highest BCUT2D eigenvalue weighted by Crippen LogP contribution is 2.27. The van der Waals surface area contributed by atoms with Gasteiger partial charge >= 0.3 is 12.1 Å². The highest BCUT2D eigenvalue weighted by Gasteiger charge is 2.25. The normalized spacial score (nSPS) is 12.3. The zero-order chi connectivity index (χ0) is 18.3. The molecule has 0 fully saturated rings. The summed E-state index contributed by atoms with van der Waals surface area (Å²) in [4.78, 5) is 25.0. The molecule has 0 N–H and O–H groups in total. The molecule has 2 aromatic rings. The van der Waals surface area contributed by atoms with E-state index >= 15 is 0 Å². The Morgan fingerprint density at radius 1 is 1.00 bits per heavy atom. The third kappa shape index (κ3) is 4.38. The van der Waals surface area contributed by atoms with Gasteiger partial charge in [-0.1, -0.05) is 15.9 Å². The van der Waals surface area contributed by atoms with Crippen molar-refractivity contribution in [3.8, 4) is 0 Å². The maximum Gasteiger partial charge on any atom is 0.419 e. The van der Waals surface area contributed by atoms with Crippen molar-refractivity contribution in [2.24, 2.45) is 0 Å². The van der Waals surface area contributed by atoms with E-state index in [1.54, 1.807) is 53.7 Å². The summed E-state index contributed by atoms with van der Waals surface area (Å²) >= 11 is 3.39. The molecule has 1 heterocycles. The molecular weight excluding hydrogens is 374 g/mol. The Morgan fingerprint density at radius 2 is 1.58 bits per heavy atom. The van der Waals surface area contributed by atoms with Gasteiger partial charge in [-0.3, -0.25) is 4.57 Å². The molecule has 1 aromatic heterocycles. The summed E-state index contributed by atoms with van der Waals surface area (Å²) in [5.41, 5.74) is -0.334. The second-order valence-corrected chi connectivity index (χ2v) is 8.47. The maximum atomic E-state index is 12.5. The monoisotopic (exact) mass is 395 g/mol. The van der Waals surface area contributed by atoms with Crippen LogP contribution in [0.1, 0.15) is 51.9 Å². The SMILES string of the molecule is CC(C)(C)OC(=O)c1cn(C(=O)OC(C)(C)C)c2ccc(Br)cc12. The number of hydrogen-bond acceptors (Lipinski definition) is 4. The summed E-state index contributed by atoms with van der Waals surface area (Å²) in [5.74, 6) is -0.479. The number of halogens is 1. The van der Waals surface area contributed by atoms with E-state index in [2.05, 4.69) is 15.9 Å². The Kier molecular flexibility index (Phi) is 4.81. The van der Waals surface area contributed by atoms with Crippen molar-refractivity contribution in [3.63, 3.8) is 0 Å². The quantitative estimate of drug-likeness (QED) is 0.626. The molecule has 0 bridgehead atoms. The van der Waals surface area contributed by atoms with E-state index in [4.69, 9.17) is 9.47 Å². The summed E-state index contributed by atoms with van der Waals surface area (Å²) in [7, 11) is 0. The molecule has 2 rings (SSSR count). The molecule has 24 heavy (non-hydrogen) atoms. The maximum absolute atomic E-state index is 12.5. The average Bonchev–Trinajstić information content (AvgIpc) is 2.73. The molecule has 0 amide bonds. The van der Waals surface area contributed by atoms with E-state index in [1.807, 2.05) is 6.07 Å². The van der Waals surface area contributed by atoms with Crippen LogP contribution in [0.15, 0.2) is 28.9 Å². The number of fused-ring (bicyclic) bond motifs is 1. The molecule has 0 aliphatic heterocycles. The van der Waals surface area contributed by atoms with Crippen molar-refractivity contribution < 1.29 is 19.1 Å². The topological polar surface area (TPSA) is 57.5 Å². The van der Waals surface area contributed by atoms with Crippen LogP contribution in [0.25, 0.3) is 10.9 Å². The minimum absolute atomic E-state index is 0.326. The lowest BCUT2D eigenvalue weighted by Gasteiger charge is -2.20. The van der Waals surface area contributed by atoms with Gasteiger partial charge in [-0.2, -0.15) is 0 Å². The highest BCUT2D eigenvalue weighted by atomic mass is 79.9. The van der Waals surface area contributed by atoms with Crippen LogP contribution in [0.4, 0.5) is 4.79 Å². The summed E-state index contributed by atoms with van der Waals surface area (Å²) in [6.07, 6.45) is 0.934. The lowest BCUT2D eigenvalue weighted by Crippen LogP contribution is -2.27. The highest BCUT2D eigenvalue weighted by molar-refractivity contribution is 9.10. The molecule has 0 aliphatic carbocycles. The van der Waals surface area contributed by atoms with Crippen LogP contribution >= 0.6 is 15.9 Å². The van der Waals surface area contributed by atoms with Crippen LogP contribution in [-0.4, -0.2) is 27.8 Å². The Labute approximate surface area is 150 Å². The van der Waals surface area contributed by atoms with Crippen molar-refractivity contribution in [1.82, 2.24) is 4.57 Å². The van der Waals surface area contributed by atoms with Crippen molar-refractivity contribution in [1.29, 1.82) is 0 Å². The predicted octanol–water partition coefficient (Wildman–Crippen LogP) is 5.14. The molecule has 5 nitrogen and oxygen atoms in total. The fourth-order valence-electron chi connectivity index (χ4n) is 2.16. The number of hydrogen-bond donors (Lipinski definition) is 0. The van der Waals surface area contributed by atoms with Crippen LogP contribution in [0.3, 0.4) is 0 Å². The zero-order valence-electron chi connectivity index (χ0n) is 14.8. The van der Waals surface area contributed by atoms with Crippen molar-refractivity contribution in [2.45, 2.75) is 52.7 Å². The Bertz CT molecular complexity index is 794. The molecule has 0 saturated carbocycles. The minimum atomic E-state index is -0.630. The Morgan fingerprint density at radius 3 is 2.12 bits per heavy atom. The van der Waals surface area contributed by atoms with E-state index in [9.17, 15) is 9.59 Å². The summed E-state index contributed by atoms with van der Waals surface area (Å²) in [6, 6.07) is 5.36. The molecule has 0 spiro atoms. The van der Waals surface area contributed by atoms with Gasteiger partial charge in [0.05, 0.1) is 11.1 Å². The second-order valence-electron chi connectivity index (χ2n) is 7.56. The number of ether oxygens (including phenoxy) is 2. The molecular formula is C18H22BrNO4. The number of carbonyl (C=O) groups is 2. The Hall–Kier alpha value is -1.82. The van der Waals surface area contributed by atoms with Crippen LogP contribution in [0, 0.1) is 0 Å². The van der Waals surface area contributed by atoms with Crippen molar-refractivity contribution >= 4 is 38.9 Å². The second kappa shape index (κ2) is 6.24. The van der Waals surface area contributed by atoms with Gasteiger partial charge in [-0.25, -0.2) is 9.59 Å². The van der Waals surface area contributed by atoms with Crippen LogP contribution in [0.2, 0.25) is 0 Å². The number of esters is 1. The van der Waals surface area contributed by atoms with Crippen LogP contribution in [0.5, 0.6) is 0 Å². The molecule has 0 aliphatic rings. The fourth-order valence-corrected chi connectivity index (χ4v) is 2.52. The van der Waals surface area contributed by atoms with Gasteiger partial charge in [0, 0.05) is 16.1 Å². The molecule has 1 aromatic carbocycles. The van der Waals surface area contributed by atoms with E-state index in [-0.39, 0.29) is 0 Å². The van der Waals surface area contributed by atoms with Gasteiger partial charge < -0.3 is 9.47 Å². The summed E-state index contributed by atoms with van der Waals surface area (Å²) in [5, 5.41) is 0.629. The molecule has 6 heteroatoms. The minimum Gasteiger partial charge on any atom is -0.456 e. The third-order valence-electron chi connectivity index (χ3n) is 2.98. The molecule has 130 valence electrons. The molecule has 0 saturated heterocycles. The van der Waals surface area contributed by atoms with Crippen molar-refractivity contribution in [3.05, 3.63) is 34.4 Å². The van der Waals surface area contributed by atoms with Gasteiger partial charge in [0.1, 0.15) is 11.2 Å². The van der Waals surface area contributed by atoms with Gasteiger partial charge in [-0.05, 0) is 59.7 Å². The predicted molar refractivity (Wildman–Crippen MR) is 96.4 cm³/mol. The number of carbonyl (C=O) groups excluding carboxylic acids is 2. The van der Waals surface area contributed by atoms with E-state index in [1.165, 1.54) is 10.8 Å². The van der Waals surface area contributed by atoms with E-state index in [0.29, 0.717) is 16.5 Å². The smallest absolute Gasteiger partial charge is 0.419 e. The zero-order valence-corrected chi connectivity index (χ0v) is 16.4. The van der Waals surface area contributed by atoms with Crippen LogP contribution < -0.4 is 0 Å². The number of aromatic nitrogens is 1. The molecule has 0 radical (unpaired) electrons. The molecule has 0 unspecified atom stereocenters. The first-order valence-electron chi connectivity index (χ1n) is 7.65. The first-order chi connectivity index (χ1) is 10.9. The third-order valence-corrected chi connectivity index (χ3v) is 3.47. The Balaban J connectivity index is 2.55. The van der Waals surface area contributed by atoms with Gasteiger partial charge in [0.15, 0.2) is 0 Å². The van der Waals surface area contributed by atoms with Gasteiger partial charge in [-0.15, -0.1) is 0 Å². The average molecular weight is 396 g/mol.